The molecule has 0 aromatic carbocycles. The van der Waals surface area contributed by atoms with Crippen LogP contribution in [0.4, 0.5) is 0 Å². The van der Waals surface area contributed by atoms with Gasteiger partial charge in [0, 0.05) is 24.2 Å². The fourth-order valence-electron chi connectivity index (χ4n) is 1.51. The number of esters is 2. The van der Waals surface area contributed by atoms with Gasteiger partial charge >= 0.3 is 11.9 Å². The van der Waals surface area contributed by atoms with Crippen molar-refractivity contribution in [3.63, 3.8) is 0 Å². The van der Waals surface area contributed by atoms with Gasteiger partial charge in [-0.3, -0.25) is 0 Å². The first kappa shape index (κ1) is 19.3. The zero-order chi connectivity index (χ0) is 16.8. The lowest BCUT2D eigenvalue weighted by molar-refractivity contribution is -0.247. The molecule has 21 heavy (non-hydrogen) atoms. The molecule has 6 heteroatoms. The predicted octanol–water partition coefficient (Wildman–Crippen LogP) is 1.32. The molecule has 0 radical (unpaired) electrons. The zero-order valence-corrected chi connectivity index (χ0v) is 13.1. The van der Waals surface area contributed by atoms with E-state index < -0.39 is 29.7 Å². The van der Waals surface area contributed by atoms with E-state index in [0.29, 0.717) is 0 Å². The molecule has 0 saturated carbocycles. The molecule has 0 spiro atoms. The van der Waals surface area contributed by atoms with Gasteiger partial charge < -0.3 is 19.7 Å². The molecule has 0 aromatic heterocycles. The van der Waals surface area contributed by atoms with Crippen molar-refractivity contribution in [2.24, 2.45) is 5.41 Å². The summed E-state index contributed by atoms with van der Waals surface area (Å²) in [6, 6.07) is 0. The second-order valence-corrected chi connectivity index (χ2v) is 5.91. The highest BCUT2D eigenvalue weighted by atomic mass is 16.7. The molecule has 120 valence electrons. The average molecular weight is 300 g/mol. The second kappa shape index (κ2) is 7.38. The molecular formula is C15H24O6. The maximum atomic E-state index is 11.7. The molecule has 0 amide bonds. The molecule has 0 rings (SSSR count). The molecule has 0 saturated heterocycles. The highest BCUT2D eigenvalue weighted by molar-refractivity contribution is 5.89. The largest absolute Gasteiger partial charge is 0.417 e. The molecule has 0 bridgehead atoms. The smallest absolute Gasteiger partial charge is 0.336 e. The third-order valence-corrected chi connectivity index (χ3v) is 2.67. The van der Waals surface area contributed by atoms with E-state index in [9.17, 15) is 19.8 Å². The number of hydrogen-bond donors (Lipinski definition) is 2. The number of aliphatic hydroxyl groups excluding tert-OH is 2. The number of aliphatic hydroxyl groups is 2. The lowest BCUT2D eigenvalue weighted by atomic mass is 9.86. The van der Waals surface area contributed by atoms with E-state index in [-0.39, 0.29) is 24.2 Å². The Morgan fingerprint density at radius 2 is 1.33 bits per heavy atom. The van der Waals surface area contributed by atoms with Crippen molar-refractivity contribution in [3.8, 4) is 0 Å². The van der Waals surface area contributed by atoms with E-state index >= 15 is 0 Å². The molecule has 0 atom stereocenters. The minimum Gasteiger partial charge on any atom is -0.417 e. The van der Waals surface area contributed by atoms with Gasteiger partial charge in [0.2, 0.25) is 0 Å². The van der Waals surface area contributed by atoms with Crippen LogP contribution in [0.25, 0.3) is 0 Å². The Morgan fingerprint density at radius 1 is 0.952 bits per heavy atom. The average Bonchev–Trinajstić information content (AvgIpc) is 2.37. The first-order valence-corrected chi connectivity index (χ1v) is 6.48. The van der Waals surface area contributed by atoms with Crippen LogP contribution in [0.1, 0.15) is 34.1 Å². The molecule has 2 N–H and O–H groups in total. The third-order valence-electron chi connectivity index (χ3n) is 2.67. The van der Waals surface area contributed by atoms with Crippen LogP contribution < -0.4 is 0 Å². The number of carbonyl (C=O) groups is 2. The maximum Gasteiger partial charge on any atom is 0.336 e. The number of ether oxygens (including phenoxy) is 2. The van der Waals surface area contributed by atoms with Gasteiger partial charge in [0.05, 0.1) is 0 Å². The van der Waals surface area contributed by atoms with E-state index in [1.54, 1.807) is 13.8 Å². The van der Waals surface area contributed by atoms with E-state index in [0.717, 1.165) is 0 Å². The van der Waals surface area contributed by atoms with Gasteiger partial charge in [-0.05, 0) is 19.3 Å². The van der Waals surface area contributed by atoms with Crippen molar-refractivity contribution in [2.45, 2.75) is 39.9 Å². The molecule has 0 aliphatic rings. The Morgan fingerprint density at radius 3 is 1.57 bits per heavy atom. The van der Waals surface area contributed by atoms with Gasteiger partial charge in [-0.15, -0.1) is 0 Å². The highest BCUT2D eigenvalue weighted by Crippen LogP contribution is 2.32. The summed E-state index contributed by atoms with van der Waals surface area (Å²) >= 11 is 0. The van der Waals surface area contributed by atoms with Crippen LogP contribution in [0.15, 0.2) is 24.3 Å². The van der Waals surface area contributed by atoms with E-state index in [1.165, 1.54) is 13.8 Å². The van der Waals surface area contributed by atoms with Crippen molar-refractivity contribution < 1.29 is 29.3 Å². The Labute approximate surface area is 125 Å². The van der Waals surface area contributed by atoms with E-state index in [4.69, 9.17) is 9.47 Å². The summed E-state index contributed by atoms with van der Waals surface area (Å²) in [5.41, 5.74) is -0.546. The topological polar surface area (TPSA) is 93.1 Å². The van der Waals surface area contributed by atoms with Crippen molar-refractivity contribution in [1.82, 2.24) is 0 Å². The van der Waals surface area contributed by atoms with Crippen molar-refractivity contribution in [1.29, 1.82) is 0 Å². The Kier molecular flexibility index (Phi) is 6.79. The summed E-state index contributed by atoms with van der Waals surface area (Å²) in [4.78, 5) is 23.5. The molecule has 0 aliphatic carbocycles. The van der Waals surface area contributed by atoms with Gasteiger partial charge in [0.1, 0.15) is 6.61 Å². The molecule has 0 aliphatic heterocycles. The fourth-order valence-corrected chi connectivity index (χ4v) is 1.51. The van der Waals surface area contributed by atoms with Crippen molar-refractivity contribution in [3.05, 3.63) is 24.3 Å². The second-order valence-electron chi connectivity index (χ2n) is 5.91. The molecule has 0 heterocycles. The van der Waals surface area contributed by atoms with Gasteiger partial charge in [-0.25, -0.2) is 9.59 Å². The number of rotatable bonds is 8. The summed E-state index contributed by atoms with van der Waals surface area (Å²) < 4.78 is 10.2. The monoisotopic (exact) mass is 300 g/mol. The first-order chi connectivity index (χ1) is 9.48. The molecule has 0 aromatic rings. The van der Waals surface area contributed by atoms with Crippen LogP contribution in [0, 0.1) is 5.41 Å². The zero-order valence-electron chi connectivity index (χ0n) is 13.1. The molecular weight excluding hydrogens is 276 g/mol. The van der Waals surface area contributed by atoms with Crippen LogP contribution in [-0.4, -0.2) is 41.2 Å². The van der Waals surface area contributed by atoms with E-state index in [1.807, 2.05) is 0 Å². The first-order valence-electron chi connectivity index (χ1n) is 6.48. The van der Waals surface area contributed by atoms with Crippen LogP contribution in [-0.2, 0) is 19.1 Å². The molecule has 0 fully saturated rings. The summed E-state index contributed by atoms with van der Waals surface area (Å²) in [5.74, 6) is -3.49. The van der Waals surface area contributed by atoms with Gasteiger partial charge in [0.25, 0.3) is 5.79 Å². The van der Waals surface area contributed by atoms with Gasteiger partial charge in [0.15, 0.2) is 0 Å². The van der Waals surface area contributed by atoms with Crippen molar-refractivity contribution in [2.75, 3.05) is 13.2 Å². The summed E-state index contributed by atoms with van der Waals surface area (Å²) in [7, 11) is 0. The van der Waals surface area contributed by atoms with Crippen LogP contribution >= 0.6 is 0 Å². The summed E-state index contributed by atoms with van der Waals surface area (Å²) in [6.45, 7) is 12.1. The van der Waals surface area contributed by atoms with Crippen LogP contribution in [0.3, 0.4) is 0 Å². The maximum absolute atomic E-state index is 11.7. The lowest BCUT2D eigenvalue weighted by Gasteiger charge is -2.36. The molecule has 6 nitrogen and oxygen atoms in total. The third kappa shape index (κ3) is 6.10. The fraction of sp³-hybridized carbons (Fsp3) is 0.600. The summed E-state index contributed by atoms with van der Waals surface area (Å²) in [6.07, 6.45) is -0.0783. The van der Waals surface area contributed by atoms with Crippen LogP contribution in [0.5, 0.6) is 0 Å². The normalized spacial score (nSPS) is 11.7. The number of carbonyl (C=O) groups excluding carboxylic acids is 2. The van der Waals surface area contributed by atoms with E-state index in [2.05, 4.69) is 13.2 Å². The Balaban J connectivity index is 5.47. The Hall–Kier alpha value is -1.66. The minimum atomic E-state index is -1.89. The highest BCUT2D eigenvalue weighted by Gasteiger charge is 2.43. The number of hydrogen-bond acceptors (Lipinski definition) is 6. The molecule has 0 unspecified atom stereocenters. The van der Waals surface area contributed by atoms with Gasteiger partial charge in [-0.2, -0.15) is 0 Å². The lowest BCUT2D eigenvalue weighted by Crippen LogP contribution is -2.47. The standard InChI is InChI=1S/C15H24O6/c1-10(2)12(18)20-15(9-17,7-14(5,6)8-16)21-13(19)11(3)4/h16-17H,1,3,7-9H2,2,4-6H3. The summed E-state index contributed by atoms with van der Waals surface area (Å²) in [5, 5.41) is 18.9. The van der Waals surface area contributed by atoms with Gasteiger partial charge in [-0.1, -0.05) is 27.0 Å². The van der Waals surface area contributed by atoms with Crippen LogP contribution in [0.2, 0.25) is 0 Å². The quantitative estimate of drug-likeness (QED) is 0.399. The minimum absolute atomic E-state index is 0.0783. The predicted molar refractivity (Wildman–Crippen MR) is 77.1 cm³/mol. The Bertz CT molecular complexity index is 407. The SMILES string of the molecule is C=C(C)C(=O)OC(CO)(CC(C)(C)CO)OC(=O)C(=C)C. The van der Waals surface area contributed by atoms with Crippen molar-refractivity contribution >= 4 is 11.9 Å².